The second-order valence-electron chi connectivity index (χ2n) is 5.83. The molecule has 1 aromatic heterocycles. The van der Waals surface area contributed by atoms with Gasteiger partial charge in [0.05, 0.1) is 5.69 Å². The molecule has 106 valence electrons. The molecule has 0 saturated carbocycles. The molecule has 1 aliphatic heterocycles. The highest BCUT2D eigenvalue weighted by Gasteiger charge is 2.31. The summed E-state index contributed by atoms with van der Waals surface area (Å²) in [5, 5.41) is 13.8. The lowest BCUT2D eigenvalue weighted by atomic mass is 9.92. The Morgan fingerprint density at radius 3 is 2.89 bits per heavy atom. The van der Waals surface area contributed by atoms with Crippen LogP contribution in [0.15, 0.2) is 12.3 Å². The lowest BCUT2D eigenvalue weighted by molar-refractivity contribution is -0.145. The Kier molecular flexibility index (Phi) is 4.24. The summed E-state index contributed by atoms with van der Waals surface area (Å²) in [6.07, 6.45) is 3.76. The number of likely N-dealkylation sites (tertiary alicyclic amines) is 1. The number of hydrogen-bond donors (Lipinski definition) is 1. The summed E-state index contributed by atoms with van der Waals surface area (Å²) in [6, 6.07) is 1.95. The van der Waals surface area contributed by atoms with Crippen molar-refractivity contribution in [2.75, 3.05) is 6.54 Å². The van der Waals surface area contributed by atoms with Crippen molar-refractivity contribution < 1.29 is 9.90 Å². The van der Waals surface area contributed by atoms with E-state index in [1.165, 1.54) is 0 Å². The molecule has 5 heteroatoms. The fraction of sp³-hybridized carbons (Fsp3) is 0.714. The number of aromatic nitrogens is 2. The van der Waals surface area contributed by atoms with Crippen molar-refractivity contribution in [2.45, 2.75) is 52.2 Å². The second-order valence-corrected chi connectivity index (χ2v) is 5.83. The largest absolute Gasteiger partial charge is 0.480 e. The third-order valence-electron chi connectivity index (χ3n) is 3.82. The molecule has 5 nitrogen and oxygen atoms in total. The summed E-state index contributed by atoms with van der Waals surface area (Å²) < 4.78 is 1.91. The van der Waals surface area contributed by atoms with E-state index in [4.69, 9.17) is 0 Å². The summed E-state index contributed by atoms with van der Waals surface area (Å²) in [5.74, 6) is -0.222. The number of carbonyl (C=O) groups is 1. The van der Waals surface area contributed by atoms with Gasteiger partial charge in [0, 0.05) is 18.8 Å². The van der Waals surface area contributed by atoms with E-state index in [1.807, 2.05) is 21.8 Å². The highest BCUT2D eigenvalue weighted by molar-refractivity contribution is 5.73. The van der Waals surface area contributed by atoms with Crippen LogP contribution < -0.4 is 0 Å². The Balaban J connectivity index is 2.05. The first kappa shape index (κ1) is 14.1. The van der Waals surface area contributed by atoms with E-state index in [1.54, 1.807) is 0 Å². The average molecular weight is 265 g/mol. The molecule has 0 radical (unpaired) electrons. The van der Waals surface area contributed by atoms with Gasteiger partial charge in [0.25, 0.3) is 0 Å². The highest BCUT2D eigenvalue weighted by Crippen LogP contribution is 2.24. The third kappa shape index (κ3) is 3.35. The van der Waals surface area contributed by atoms with E-state index < -0.39 is 5.97 Å². The van der Waals surface area contributed by atoms with Crippen LogP contribution in [0.25, 0.3) is 0 Å². The van der Waals surface area contributed by atoms with E-state index in [-0.39, 0.29) is 6.04 Å². The second kappa shape index (κ2) is 5.74. The third-order valence-corrected chi connectivity index (χ3v) is 3.82. The zero-order chi connectivity index (χ0) is 14.0. The molecule has 0 amide bonds. The van der Waals surface area contributed by atoms with Gasteiger partial charge in [-0.2, -0.15) is 5.10 Å². The highest BCUT2D eigenvalue weighted by atomic mass is 16.4. The van der Waals surface area contributed by atoms with Crippen molar-refractivity contribution in [3.63, 3.8) is 0 Å². The van der Waals surface area contributed by atoms with Crippen LogP contribution in [0.5, 0.6) is 0 Å². The summed E-state index contributed by atoms with van der Waals surface area (Å²) >= 11 is 0. The molecular formula is C14H23N3O2. The normalized spacial score (nSPS) is 24.8. The standard InChI is InChI=1S/C14H23N3O2/c1-10(2)17-7-5-12(15-17)9-16-6-4-11(3)8-13(16)14(18)19/h5,7,10-11,13H,4,6,8-9H2,1-3H3,(H,18,19). The average Bonchev–Trinajstić information content (AvgIpc) is 2.80. The van der Waals surface area contributed by atoms with E-state index in [0.29, 0.717) is 18.5 Å². The minimum atomic E-state index is -0.713. The summed E-state index contributed by atoms with van der Waals surface area (Å²) in [7, 11) is 0. The molecule has 19 heavy (non-hydrogen) atoms. The molecule has 1 aliphatic rings. The van der Waals surface area contributed by atoms with Crippen LogP contribution in [-0.2, 0) is 11.3 Å². The van der Waals surface area contributed by atoms with Gasteiger partial charge in [-0.1, -0.05) is 6.92 Å². The minimum absolute atomic E-state index is 0.338. The molecular weight excluding hydrogens is 242 g/mol. The summed E-state index contributed by atoms with van der Waals surface area (Å²) in [6.45, 7) is 7.76. The molecule has 1 fully saturated rings. The van der Waals surface area contributed by atoms with Crippen LogP contribution >= 0.6 is 0 Å². The predicted octanol–water partition coefficient (Wildman–Crippen LogP) is 2.15. The van der Waals surface area contributed by atoms with Gasteiger partial charge in [-0.15, -0.1) is 0 Å². The van der Waals surface area contributed by atoms with Crippen LogP contribution in [0.3, 0.4) is 0 Å². The van der Waals surface area contributed by atoms with Gasteiger partial charge in [-0.3, -0.25) is 14.4 Å². The Bertz CT molecular complexity index is 442. The topological polar surface area (TPSA) is 58.4 Å². The molecule has 1 saturated heterocycles. The van der Waals surface area contributed by atoms with Crippen LogP contribution in [0.2, 0.25) is 0 Å². The molecule has 2 heterocycles. The molecule has 0 bridgehead atoms. The number of piperidine rings is 1. The van der Waals surface area contributed by atoms with Crippen LogP contribution in [-0.4, -0.2) is 38.3 Å². The lowest BCUT2D eigenvalue weighted by Gasteiger charge is -2.35. The van der Waals surface area contributed by atoms with Gasteiger partial charge in [0.2, 0.25) is 0 Å². The Hall–Kier alpha value is -1.36. The first-order chi connectivity index (χ1) is 8.97. The predicted molar refractivity (Wildman–Crippen MR) is 72.8 cm³/mol. The Morgan fingerprint density at radius 1 is 1.58 bits per heavy atom. The maximum Gasteiger partial charge on any atom is 0.320 e. The zero-order valence-corrected chi connectivity index (χ0v) is 11.9. The molecule has 2 rings (SSSR count). The fourth-order valence-corrected chi connectivity index (χ4v) is 2.59. The van der Waals surface area contributed by atoms with Gasteiger partial charge < -0.3 is 5.11 Å². The van der Waals surface area contributed by atoms with E-state index in [2.05, 4.69) is 25.9 Å². The number of carboxylic acids is 1. The van der Waals surface area contributed by atoms with Gasteiger partial charge in [-0.25, -0.2) is 0 Å². The fourth-order valence-electron chi connectivity index (χ4n) is 2.59. The first-order valence-electron chi connectivity index (χ1n) is 6.98. The van der Waals surface area contributed by atoms with Crippen LogP contribution in [0, 0.1) is 5.92 Å². The van der Waals surface area contributed by atoms with Crippen molar-refractivity contribution in [3.05, 3.63) is 18.0 Å². The van der Waals surface area contributed by atoms with Crippen molar-refractivity contribution in [1.82, 2.24) is 14.7 Å². The van der Waals surface area contributed by atoms with Crippen LogP contribution in [0.4, 0.5) is 0 Å². The van der Waals surface area contributed by atoms with Crippen molar-refractivity contribution >= 4 is 5.97 Å². The molecule has 1 aromatic rings. The SMILES string of the molecule is CC1CCN(Cc2ccn(C(C)C)n2)C(C(=O)O)C1. The number of carboxylic acid groups (broad SMARTS) is 1. The van der Waals surface area contributed by atoms with E-state index in [9.17, 15) is 9.90 Å². The van der Waals surface area contributed by atoms with Gasteiger partial charge >= 0.3 is 5.97 Å². The number of hydrogen-bond acceptors (Lipinski definition) is 3. The molecule has 0 aromatic carbocycles. The van der Waals surface area contributed by atoms with Gasteiger partial charge in [0.15, 0.2) is 0 Å². The van der Waals surface area contributed by atoms with Gasteiger partial charge in [-0.05, 0) is 45.2 Å². The van der Waals surface area contributed by atoms with Crippen molar-refractivity contribution in [1.29, 1.82) is 0 Å². The zero-order valence-electron chi connectivity index (χ0n) is 11.9. The van der Waals surface area contributed by atoms with E-state index >= 15 is 0 Å². The van der Waals surface area contributed by atoms with Crippen molar-refractivity contribution in [2.24, 2.45) is 5.92 Å². The van der Waals surface area contributed by atoms with Crippen molar-refractivity contribution in [3.8, 4) is 0 Å². The maximum atomic E-state index is 11.3. The Morgan fingerprint density at radius 2 is 2.32 bits per heavy atom. The quantitative estimate of drug-likeness (QED) is 0.906. The molecule has 2 atom stereocenters. The Labute approximate surface area is 114 Å². The lowest BCUT2D eigenvalue weighted by Crippen LogP contribution is -2.46. The smallest absolute Gasteiger partial charge is 0.320 e. The molecule has 0 aliphatic carbocycles. The van der Waals surface area contributed by atoms with Gasteiger partial charge in [0.1, 0.15) is 6.04 Å². The maximum absolute atomic E-state index is 11.3. The molecule has 1 N–H and O–H groups in total. The summed E-state index contributed by atoms with van der Waals surface area (Å²) in [4.78, 5) is 13.4. The number of rotatable bonds is 4. The van der Waals surface area contributed by atoms with E-state index in [0.717, 1.165) is 25.1 Å². The number of nitrogens with zero attached hydrogens (tertiary/aromatic N) is 3. The molecule has 2 unspecified atom stereocenters. The molecule has 0 spiro atoms. The minimum Gasteiger partial charge on any atom is -0.480 e. The first-order valence-corrected chi connectivity index (χ1v) is 6.98. The summed E-state index contributed by atoms with van der Waals surface area (Å²) in [5.41, 5.74) is 0.953. The van der Waals surface area contributed by atoms with Crippen LogP contribution in [0.1, 0.15) is 45.3 Å². The number of aliphatic carboxylic acids is 1. The monoisotopic (exact) mass is 265 g/mol.